The summed E-state index contributed by atoms with van der Waals surface area (Å²) in [5.74, 6) is 2.62. The van der Waals surface area contributed by atoms with Crippen molar-refractivity contribution in [3.8, 4) is 11.5 Å². The Hall–Kier alpha value is -3.39. The van der Waals surface area contributed by atoms with Gasteiger partial charge in [0.05, 0.1) is 39.4 Å². The standard InChI is InChI=1S/C24H28N4O4/c1-16-25-24(27-26-16)22-13-21(32-15-17-7-5-4-6-8-17)14-28(22)23(29)11-18-9-19(30-2)12-20(10-18)31-3/h4-10,12,21-22H,11,13-15H2,1-3H3,(H,25,26,27)/t21-,22-/m0/s1. The summed E-state index contributed by atoms with van der Waals surface area (Å²) in [6.45, 7) is 2.84. The fraction of sp³-hybridized carbons (Fsp3) is 0.375. The number of carbonyl (C=O) groups is 1. The van der Waals surface area contributed by atoms with Gasteiger partial charge in [0.1, 0.15) is 17.3 Å². The third-order valence-corrected chi connectivity index (χ3v) is 5.59. The van der Waals surface area contributed by atoms with Crippen LogP contribution < -0.4 is 9.47 Å². The third kappa shape index (κ3) is 5.08. The molecule has 8 heteroatoms. The summed E-state index contributed by atoms with van der Waals surface area (Å²) in [5, 5.41) is 7.20. The molecular weight excluding hydrogens is 408 g/mol. The van der Waals surface area contributed by atoms with E-state index >= 15 is 0 Å². The summed E-state index contributed by atoms with van der Waals surface area (Å²) in [7, 11) is 3.19. The van der Waals surface area contributed by atoms with Crippen LogP contribution in [0.1, 0.15) is 35.2 Å². The number of methoxy groups -OCH3 is 2. The van der Waals surface area contributed by atoms with E-state index < -0.39 is 0 Å². The van der Waals surface area contributed by atoms with E-state index in [0.717, 1.165) is 17.0 Å². The molecule has 1 aliphatic heterocycles. The summed E-state index contributed by atoms with van der Waals surface area (Å²) in [6, 6.07) is 15.3. The number of nitrogens with zero attached hydrogens (tertiary/aromatic N) is 3. The summed E-state index contributed by atoms with van der Waals surface area (Å²) in [4.78, 5) is 19.7. The summed E-state index contributed by atoms with van der Waals surface area (Å²) >= 11 is 0. The van der Waals surface area contributed by atoms with Gasteiger partial charge in [0, 0.05) is 19.0 Å². The molecule has 32 heavy (non-hydrogen) atoms. The van der Waals surface area contributed by atoms with Gasteiger partial charge in [0.15, 0.2) is 5.82 Å². The van der Waals surface area contributed by atoms with Gasteiger partial charge in [-0.15, -0.1) is 0 Å². The lowest BCUT2D eigenvalue weighted by atomic mass is 10.1. The molecule has 3 aromatic rings. The van der Waals surface area contributed by atoms with Crippen LogP contribution in [0.3, 0.4) is 0 Å². The molecule has 8 nitrogen and oxygen atoms in total. The van der Waals surface area contributed by atoms with Crippen molar-refractivity contribution >= 4 is 5.91 Å². The molecule has 0 radical (unpaired) electrons. The van der Waals surface area contributed by atoms with E-state index in [4.69, 9.17) is 14.2 Å². The van der Waals surface area contributed by atoms with Crippen LogP contribution in [0.15, 0.2) is 48.5 Å². The van der Waals surface area contributed by atoms with E-state index in [2.05, 4.69) is 15.2 Å². The van der Waals surface area contributed by atoms with Crippen LogP contribution >= 0.6 is 0 Å². The molecule has 168 valence electrons. The van der Waals surface area contributed by atoms with Crippen LogP contribution in [0.2, 0.25) is 0 Å². The zero-order valence-electron chi connectivity index (χ0n) is 18.6. The number of benzene rings is 2. The van der Waals surface area contributed by atoms with Crippen molar-refractivity contribution in [3.05, 3.63) is 71.3 Å². The Labute approximate surface area is 187 Å². The van der Waals surface area contributed by atoms with Gasteiger partial charge in [0.25, 0.3) is 0 Å². The zero-order valence-corrected chi connectivity index (χ0v) is 18.6. The first-order valence-electron chi connectivity index (χ1n) is 10.6. The van der Waals surface area contributed by atoms with Crippen molar-refractivity contribution in [2.24, 2.45) is 0 Å². The molecule has 0 aliphatic carbocycles. The van der Waals surface area contributed by atoms with Crippen LogP contribution in [0, 0.1) is 6.92 Å². The fourth-order valence-electron chi connectivity index (χ4n) is 3.98. The highest BCUT2D eigenvalue weighted by atomic mass is 16.5. The van der Waals surface area contributed by atoms with Crippen LogP contribution in [-0.2, 0) is 22.6 Å². The third-order valence-electron chi connectivity index (χ3n) is 5.59. The molecule has 0 saturated carbocycles. The number of aromatic nitrogens is 3. The number of nitrogens with one attached hydrogen (secondary N) is 1. The molecule has 0 bridgehead atoms. The molecule has 1 fully saturated rings. The average Bonchev–Trinajstić information content (AvgIpc) is 3.44. The van der Waals surface area contributed by atoms with Gasteiger partial charge in [-0.05, 0) is 30.2 Å². The molecule has 2 aromatic carbocycles. The quantitative estimate of drug-likeness (QED) is 0.583. The molecule has 2 heterocycles. The predicted molar refractivity (Wildman–Crippen MR) is 118 cm³/mol. The molecule has 0 unspecified atom stereocenters. The minimum atomic E-state index is -0.235. The van der Waals surface area contributed by atoms with E-state index in [1.807, 2.05) is 54.3 Å². The average molecular weight is 437 g/mol. The molecule has 1 saturated heterocycles. The smallest absolute Gasteiger partial charge is 0.227 e. The topological polar surface area (TPSA) is 89.6 Å². The number of aryl methyl sites for hydroxylation is 1. The van der Waals surface area contributed by atoms with Crippen molar-refractivity contribution in [1.82, 2.24) is 20.1 Å². The lowest BCUT2D eigenvalue weighted by Gasteiger charge is -2.22. The number of rotatable bonds is 8. The Morgan fingerprint density at radius 1 is 1.09 bits per heavy atom. The van der Waals surface area contributed by atoms with E-state index in [-0.39, 0.29) is 24.5 Å². The van der Waals surface area contributed by atoms with Crippen LogP contribution in [-0.4, -0.2) is 52.9 Å². The number of aromatic amines is 1. The second-order valence-corrected chi connectivity index (χ2v) is 7.89. The SMILES string of the molecule is COc1cc(CC(=O)N2C[C@@H](OCc3ccccc3)C[C@H]2c2n[nH]c(C)n2)cc(OC)c1. The van der Waals surface area contributed by atoms with Gasteiger partial charge in [-0.2, -0.15) is 5.10 Å². The van der Waals surface area contributed by atoms with Gasteiger partial charge in [0.2, 0.25) is 5.91 Å². The van der Waals surface area contributed by atoms with Crippen LogP contribution in [0.4, 0.5) is 0 Å². The van der Waals surface area contributed by atoms with Gasteiger partial charge in [-0.3, -0.25) is 9.89 Å². The Balaban J connectivity index is 1.50. The van der Waals surface area contributed by atoms with Gasteiger partial charge in [-0.1, -0.05) is 30.3 Å². The maximum Gasteiger partial charge on any atom is 0.227 e. The molecule has 1 aliphatic rings. The largest absolute Gasteiger partial charge is 0.497 e. The highest BCUT2D eigenvalue weighted by molar-refractivity contribution is 5.80. The Bertz CT molecular complexity index is 1030. The Morgan fingerprint density at radius 3 is 2.44 bits per heavy atom. The molecule has 1 N–H and O–H groups in total. The molecular formula is C24H28N4O4. The highest BCUT2D eigenvalue weighted by Gasteiger charge is 2.38. The Kier molecular flexibility index (Phi) is 6.70. The first-order valence-corrected chi connectivity index (χ1v) is 10.6. The molecule has 1 amide bonds. The normalized spacial score (nSPS) is 18.0. The lowest BCUT2D eigenvalue weighted by Crippen LogP contribution is -2.33. The van der Waals surface area contributed by atoms with Crippen LogP contribution in [0.5, 0.6) is 11.5 Å². The molecule has 0 spiro atoms. The summed E-state index contributed by atoms with van der Waals surface area (Å²) < 4.78 is 16.8. The first-order chi connectivity index (χ1) is 15.6. The first kappa shape index (κ1) is 21.8. The number of hydrogen-bond acceptors (Lipinski definition) is 6. The van der Waals surface area contributed by atoms with Crippen molar-refractivity contribution in [3.63, 3.8) is 0 Å². The maximum absolute atomic E-state index is 13.3. The minimum Gasteiger partial charge on any atom is -0.497 e. The second-order valence-electron chi connectivity index (χ2n) is 7.89. The van der Waals surface area contributed by atoms with Gasteiger partial charge < -0.3 is 19.1 Å². The van der Waals surface area contributed by atoms with Crippen molar-refractivity contribution < 1.29 is 19.0 Å². The lowest BCUT2D eigenvalue weighted by molar-refractivity contribution is -0.132. The number of H-pyrrole nitrogens is 1. The summed E-state index contributed by atoms with van der Waals surface area (Å²) in [6.07, 6.45) is 0.777. The second kappa shape index (κ2) is 9.82. The minimum absolute atomic E-state index is 0.0152. The fourth-order valence-corrected chi connectivity index (χ4v) is 3.98. The van der Waals surface area contributed by atoms with E-state index in [1.54, 1.807) is 20.3 Å². The Morgan fingerprint density at radius 2 is 1.81 bits per heavy atom. The van der Waals surface area contributed by atoms with E-state index in [9.17, 15) is 4.79 Å². The van der Waals surface area contributed by atoms with E-state index in [1.165, 1.54) is 0 Å². The monoisotopic (exact) mass is 436 g/mol. The molecule has 2 atom stereocenters. The number of hydrogen-bond donors (Lipinski definition) is 1. The van der Waals surface area contributed by atoms with Crippen molar-refractivity contribution in [2.75, 3.05) is 20.8 Å². The van der Waals surface area contributed by atoms with Gasteiger partial charge in [-0.25, -0.2) is 4.98 Å². The van der Waals surface area contributed by atoms with E-state index in [0.29, 0.717) is 36.9 Å². The maximum atomic E-state index is 13.3. The highest BCUT2D eigenvalue weighted by Crippen LogP contribution is 2.33. The number of ether oxygens (including phenoxy) is 3. The van der Waals surface area contributed by atoms with Gasteiger partial charge >= 0.3 is 0 Å². The predicted octanol–water partition coefficient (Wildman–Crippen LogP) is 3.23. The number of carbonyl (C=O) groups excluding carboxylic acids is 1. The zero-order chi connectivity index (χ0) is 22.5. The van der Waals surface area contributed by atoms with Crippen molar-refractivity contribution in [2.45, 2.75) is 38.5 Å². The number of likely N-dealkylation sites (tertiary alicyclic amines) is 1. The molecule has 1 aromatic heterocycles. The van der Waals surface area contributed by atoms with Crippen LogP contribution in [0.25, 0.3) is 0 Å². The molecule has 4 rings (SSSR count). The number of amides is 1. The van der Waals surface area contributed by atoms with Crippen molar-refractivity contribution in [1.29, 1.82) is 0 Å². The summed E-state index contributed by atoms with van der Waals surface area (Å²) in [5.41, 5.74) is 1.93.